The van der Waals surface area contributed by atoms with Gasteiger partial charge in [0.25, 0.3) is 0 Å². The summed E-state index contributed by atoms with van der Waals surface area (Å²) in [6.07, 6.45) is 27.9. The number of hydrogen-bond donors (Lipinski definition) is 2. The Kier molecular flexibility index (Phi) is 20.5. The number of hydrogen-bond acceptors (Lipinski definition) is 4. The highest BCUT2D eigenvalue weighted by atomic mass is 35.5. The van der Waals surface area contributed by atoms with Crippen LogP contribution in [0, 0.1) is 5.41 Å². The first kappa shape index (κ1) is 38.3. The summed E-state index contributed by atoms with van der Waals surface area (Å²) >= 11 is 0. The molecule has 1 atom stereocenters. The minimum Gasteiger partial charge on any atom is -0.481 e. The van der Waals surface area contributed by atoms with Crippen LogP contribution in [0.1, 0.15) is 103 Å². The lowest BCUT2D eigenvalue weighted by atomic mass is 9.80. The van der Waals surface area contributed by atoms with Crippen LogP contribution in [0.3, 0.4) is 0 Å². The molecule has 41 heavy (non-hydrogen) atoms. The van der Waals surface area contributed by atoms with Gasteiger partial charge in [-0.25, -0.2) is 4.79 Å². The van der Waals surface area contributed by atoms with Crippen molar-refractivity contribution < 1.29 is 19.8 Å². The monoisotopic (exact) mass is 606 g/mol. The van der Waals surface area contributed by atoms with E-state index in [0.29, 0.717) is 0 Å². The molecule has 2 aromatic heterocycles. The molecule has 0 amide bonds. The summed E-state index contributed by atoms with van der Waals surface area (Å²) in [5.74, 6) is -2.06. The number of unbranched alkanes of at least 4 members (excludes halogenated alkanes) is 11. The van der Waals surface area contributed by atoms with Crippen molar-refractivity contribution in [3.05, 3.63) is 72.4 Å². The zero-order valence-corrected chi connectivity index (χ0v) is 26.2. The molecular weight excluding hydrogens is 559 g/mol. The molecule has 1 unspecified atom stereocenters. The van der Waals surface area contributed by atoms with E-state index in [1.54, 1.807) is 0 Å². The summed E-state index contributed by atoms with van der Waals surface area (Å²) < 4.78 is 0. The molecule has 0 aromatic carbocycles. The Hall–Kier alpha value is -2.70. The number of aryl methyl sites for hydroxylation is 1. The third-order valence-corrected chi connectivity index (χ3v) is 7.20. The third kappa shape index (κ3) is 15.2. The first-order valence-corrected chi connectivity index (χ1v) is 14.6. The second-order valence-electron chi connectivity index (χ2n) is 10.7. The van der Waals surface area contributed by atoms with Gasteiger partial charge in [-0.3, -0.25) is 14.8 Å². The number of pyridine rings is 2. The van der Waals surface area contributed by atoms with Gasteiger partial charge in [-0.05, 0) is 61.6 Å². The molecule has 0 spiro atoms. The summed E-state index contributed by atoms with van der Waals surface area (Å²) in [7, 11) is 0. The van der Waals surface area contributed by atoms with E-state index in [2.05, 4.69) is 41.2 Å². The minimum absolute atomic E-state index is 0. The second-order valence-corrected chi connectivity index (χ2v) is 10.7. The van der Waals surface area contributed by atoms with Crippen molar-refractivity contribution >= 4 is 36.8 Å². The minimum atomic E-state index is -1.08. The number of carboxylic acids is 2. The highest BCUT2D eigenvalue weighted by Gasteiger charge is 2.34. The summed E-state index contributed by atoms with van der Waals surface area (Å²) in [6, 6.07) is 8.43. The van der Waals surface area contributed by atoms with Crippen molar-refractivity contribution in [3.63, 3.8) is 0 Å². The van der Waals surface area contributed by atoms with E-state index in [1.165, 1.54) is 119 Å². The van der Waals surface area contributed by atoms with Crippen molar-refractivity contribution in [1.82, 2.24) is 9.97 Å². The van der Waals surface area contributed by atoms with Crippen LogP contribution in [-0.4, -0.2) is 32.1 Å². The fourth-order valence-corrected chi connectivity index (χ4v) is 4.67. The Morgan fingerprint density at radius 2 is 1.34 bits per heavy atom. The fourth-order valence-electron chi connectivity index (χ4n) is 4.67. The van der Waals surface area contributed by atoms with Crippen LogP contribution in [0.4, 0.5) is 0 Å². The average molecular weight is 608 g/mol. The molecule has 0 radical (unpaired) electrons. The van der Waals surface area contributed by atoms with Gasteiger partial charge in [0.15, 0.2) is 0 Å². The number of carbonyl (C=O) groups is 2. The van der Waals surface area contributed by atoms with E-state index in [-0.39, 0.29) is 36.8 Å². The molecule has 0 bridgehead atoms. The van der Waals surface area contributed by atoms with Gasteiger partial charge in [0, 0.05) is 29.9 Å². The maximum absolute atomic E-state index is 10.8. The molecule has 0 aliphatic heterocycles. The lowest BCUT2D eigenvalue weighted by molar-refractivity contribution is -0.145. The van der Waals surface area contributed by atoms with Crippen LogP contribution in [0.2, 0.25) is 0 Å². The lowest BCUT2D eigenvalue weighted by Gasteiger charge is -2.23. The molecule has 1 aliphatic rings. The van der Waals surface area contributed by atoms with Gasteiger partial charge in [-0.1, -0.05) is 95.8 Å². The molecule has 2 heterocycles. The van der Waals surface area contributed by atoms with E-state index in [9.17, 15) is 9.59 Å². The number of nitrogens with zero attached hydrogens (tertiary/aromatic N) is 2. The zero-order chi connectivity index (χ0) is 28.3. The van der Waals surface area contributed by atoms with E-state index in [4.69, 9.17) is 10.2 Å². The second kappa shape index (κ2) is 22.0. The molecule has 3 rings (SSSR count). The van der Waals surface area contributed by atoms with E-state index < -0.39 is 17.4 Å². The highest BCUT2D eigenvalue weighted by Crippen LogP contribution is 2.31. The van der Waals surface area contributed by atoms with Crippen LogP contribution in [-0.2, 0) is 16.0 Å². The summed E-state index contributed by atoms with van der Waals surface area (Å²) in [4.78, 5) is 30.0. The molecule has 6 nitrogen and oxygen atoms in total. The van der Waals surface area contributed by atoms with Crippen molar-refractivity contribution in [1.29, 1.82) is 0 Å². The third-order valence-electron chi connectivity index (χ3n) is 7.20. The molecule has 2 N–H and O–H groups in total. The Labute approximate surface area is 258 Å². The standard InChI is InChI=1S/C24H36N2.C9H10O4.2ClH/c1-2-3-4-5-6-7-8-9-10-11-12-13-14-24-21-23(17-20-26-24)22-15-18-25-19-16-22;1-9(8(12)13)4-2-3-6(5-9)7(10)11;;/h15-21H,2-14H2,1H3;2-4H,5H2,1H3,(H,10,11)(H,12,13);2*1H. The van der Waals surface area contributed by atoms with Gasteiger partial charge in [-0.2, -0.15) is 0 Å². The van der Waals surface area contributed by atoms with Gasteiger partial charge in [0.05, 0.1) is 5.41 Å². The summed E-state index contributed by atoms with van der Waals surface area (Å²) in [5.41, 5.74) is 2.73. The van der Waals surface area contributed by atoms with Gasteiger partial charge in [0.1, 0.15) is 0 Å². The predicted octanol–water partition coefficient (Wildman–Crippen LogP) is 9.28. The summed E-state index contributed by atoms with van der Waals surface area (Å²) in [6.45, 7) is 3.79. The van der Waals surface area contributed by atoms with Gasteiger partial charge < -0.3 is 10.2 Å². The smallest absolute Gasteiger partial charge is 0.331 e. The number of aliphatic carboxylic acids is 2. The lowest BCUT2D eigenvalue weighted by Crippen LogP contribution is -2.28. The van der Waals surface area contributed by atoms with Crippen molar-refractivity contribution in [2.75, 3.05) is 0 Å². The molecule has 8 heteroatoms. The van der Waals surface area contributed by atoms with Crippen LogP contribution < -0.4 is 0 Å². The number of allylic oxidation sites excluding steroid dienone is 2. The fraction of sp³-hybridized carbons (Fsp3) is 0.515. The normalized spacial score (nSPS) is 15.4. The van der Waals surface area contributed by atoms with Gasteiger partial charge >= 0.3 is 11.9 Å². The first-order chi connectivity index (χ1) is 18.9. The first-order valence-electron chi connectivity index (χ1n) is 14.6. The largest absolute Gasteiger partial charge is 0.481 e. The molecule has 228 valence electrons. The molecule has 0 fully saturated rings. The zero-order valence-electron chi connectivity index (χ0n) is 24.6. The van der Waals surface area contributed by atoms with Crippen LogP contribution >= 0.6 is 24.8 Å². The van der Waals surface area contributed by atoms with E-state index in [0.717, 1.165) is 6.42 Å². The predicted molar refractivity (Wildman–Crippen MR) is 172 cm³/mol. The number of carboxylic acid groups (broad SMARTS) is 2. The molecule has 1 aliphatic carbocycles. The molecular formula is C33H48Cl2N2O4. The van der Waals surface area contributed by atoms with Crippen LogP contribution in [0.15, 0.2) is 66.7 Å². The highest BCUT2D eigenvalue weighted by molar-refractivity contribution is 5.90. The van der Waals surface area contributed by atoms with Crippen LogP contribution in [0.25, 0.3) is 11.1 Å². The number of halogens is 2. The van der Waals surface area contributed by atoms with Crippen LogP contribution in [0.5, 0.6) is 0 Å². The Bertz CT molecular complexity index is 1080. The Morgan fingerprint density at radius 3 is 1.88 bits per heavy atom. The van der Waals surface area contributed by atoms with Gasteiger partial charge in [0.2, 0.25) is 0 Å². The maximum atomic E-state index is 10.8. The number of aromatic nitrogens is 2. The topological polar surface area (TPSA) is 100 Å². The Balaban J connectivity index is 0.000000906. The molecule has 0 saturated heterocycles. The molecule has 2 aromatic rings. The van der Waals surface area contributed by atoms with E-state index >= 15 is 0 Å². The van der Waals surface area contributed by atoms with Crippen molar-refractivity contribution in [3.8, 4) is 11.1 Å². The quantitative estimate of drug-likeness (QED) is 0.185. The van der Waals surface area contributed by atoms with Crippen molar-refractivity contribution in [2.45, 2.75) is 104 Å². The average Bonchev–Trinajstić information content (AvgIpc) is 2.94. The SMILES string of the molecule is CC1(C(=O)O)C=CC=C(C(=O)O)C1.CCCCCCCCCCCCCCc1cc(-c2ccncc2)ccn1.Cl.Cl. The molecule has 0 saturated carbocycles. The number of rotatable bonds is 16. The summed E-state index contributed by atoms with van der Waals surface area (Å²) in [5, 5.41) is 17.5. The van der Waals surface area contributed by atoms with E-state index in [1.807, 2.05) is 18.6 Å². The maximum Gasteiger partial charge on any atom is 0.331 e. The Morgan fingerprint density at radius 1 is 0.805 bits per heavy atom. The van der Waals surface area contributed by atoms with Gasteiger partial charge in [-0.15, -0.1) is 24.8 Å². The van der Waals surface area contributed by atoms with Crippen molar-refractivity contribution in [2.24, 2.45) is 5.41 Å².